The summed E-state index contributed by atoms with van der Waals surface area (Å²) in [5, 5.41) is 0. The predicted octanol–water partition coefficient (Wildman–Crippen LogP) is 2.40. The van der Waals surface area contributed by atoms with Crippen molar-refractivity contribution in [3.05, 3.63) is 15.7 Å². The molecule has 0 spiro atoms. The first-order valence-corrected chi connectivity index (χ1v) is 2.57. The van der Waals surface area contributed by atoms with Crippen LogP contribution in [-0.4, -0.2) is 0 Å². The van der Waals surface area contributed by atoms with Crippen LogP contribution in [0.25, 0.3) is 0 Å². The summed E-state index contributed by atoms with van der Waals surface area (Å²) >= 11 is 6.07. The van der Waals surface area contributed by atoms with Crippen LogP contribution in [0, 0.1) is 0 Å². The highest BCUT2D eigenvalue weighted by molar-refractivity contribution is 9.28. The molecular formula is C3H2Br2. The van der Waals surface area contributed by atoms with E-state index in [-0.39, 0.29) is 0 Å². The number of hydrogen-bond donors (Lipinski definition) is 0. The van der Waals surface area contributed by atoms with Gasteiger partial charge in [0.2, 0.25) is 0 Å². The van der Waals surface area contributed by atoms with Crippen LogP contribution in [0.3, 0.4) is 0 Å². The molecule has 0 aromatic rings. The summed E-state index contributed by atoms with van der Waals surface area (Å²) in [5.41, 5.74) is 2.53. The summed E-state index contributed by atoms with van der Waals surface area (Å²) < 4.78 is 0.769. The van der Waals surface area contributed by atoms with Gasteiger partial charge >= 0.3 is 0 Å². The molecule has 0 saturated heterocycles. The van der Waals surface area contributed by atoms with Crippen LogP contribution in [0.1, 0.15) is 0 Å². The summed E-state index contributed by atoms with van der Waals surface area (Å²) in [6.07, 6.45) is 0. The molecule has 28 valence electrons. The zero-order chi connectivity index (χ0) is 4.28. The summed E-state index contributed by atoms with van der Waals surface area (Å²) in [7, 11) is 0. The molecule has 0 radical (unpaired) electrons. The SMILES string of the molecule is C=C=C(Br)Br. The lowest BCUT2D eigenvalue weighted by atomic mass is 11.0. The van der Waals surface area contributed by atoms with Gasteiger partial charge in [-0.2, -0.15) is 0 Å². The Bertz CT molecular complexity index is 65.0. The lowest BCUT2D eigenvalue weighted by Crippen LogP contribution is -1.26. The van der Waals surface area contributed by atoms with Crippen molar-refractivity contribution in [2.24, 2.45) is 0 Å². The molecule has 0 nitrogen and oxygen atoms in total. The van der Waals surface area contributed by atoms with Crippen LogP contribution in [0.15, 0.2) is 15.7 Å². The lowest BCUT2D eigenvalue weighted by Gasteiger charge is -1.60. The molecule has 0 aromatic carbocycles. The van der Waals surface area contributed by atoms with E-state index in [0.717, 1.165) is 3.39 Å². The van der Waals surface area contributed by atoms with Crippen LogP contribution >= 0.6 is 31.9 Å². The van der Waals surface area contributed by atoms with E-state index in [9.17, 15) is 0 Å². The van der Waals surface area contributed by atoms with Gasteiger partial charge in [-0.1, -0.05) is 6.58 Å². The van der Waals surface area contributed by atoms with Gasteiger partial charge in [-0.3, -0.25) is 0 Å². The minimum absolute atomic E-state index is 0.769. The maximum atomic E-state index is 3.30. The van der Waals surface area contributed by atoms with Gasteiger partial charge in [-0.05, 0) is 31.9 Å². The number of hydrogen-bond acceptors (Lipinski definition) is 0. The molecule has 0 aliphatic heterocycles. The van der Waals surface area contributed by atoms with E-state index in [4.69, 9.17) is 0 Å². The Morgan fingerprint density at radius 3 is 1.80 bits per heavy atom. The van der Waals surface area contributed by atoms with Crippen LogP contribution in [-0.2, 0) is 0 Å². The van der Waals surface area contributed by atoms with E-state index in [2.05, 4.69) is 44.2 Å². The van der Waals surface area contributed by atoms with Gasteiger partial charge in [0.1, 0.15) is 3.39 Å². The minimum Gasteiger partial charge on any atom is -0.106 e. The average molecular weight is 198 g/mol. The smallest absolute Gasteiger partial charge is 0.102 e. The van der Waals surface area contributed by atoms with Crippen molar-refractivity contribution in [1.29, 1.82) is 0 Å². The van der Waals surface area contributed by atoms with Crippen molar-refractivity contribution in [3.63, 3.8) is 0 Å². The van der Waals surface area contributed by atoms with E-state index in [1.54, 1.807) is 0 Å². The third-order valence-electron chi connectivity index (χ3n) is 0.134. The molecule has 0 aliphatic carbocycles. The van der Waals surface area contributed by atoms with E-state index >= 15 is 0 Å². The van der Waals surface area contributed by atoms with Gasteiger partial charge in [0, 0.05) is 0 Å². The quantitative estimate of drug-likeness (QED) is 0.524. The summed E-state index contributed by atoms with van der Waals surface area (Å²) in [6, 6.07) is 0. The topological polar surface area (TPSA) is 0 Å². The molecule has 0 aliphatic rings. The van der Waals surface area contributed by atoms with Crippen molar-refractivity contribution >= 4 is 31.9 Å². The molecule has 0 atom stereocenters. The van der Waals surface area contributed by atoms with E-state index in [0.29, 0.717) is 0 Å². The molecule has 0 unspecified atom stereocenters. The molecule has 2 heteroatoms. The molecule has 0 amide bonds. The number of rotatable bonds is 0. The van der Waals surface area contributed by atoms with Crippen LogP contribution in [0.2, 0.25) is 0 Å². The van der Waals surface area contributed by atoms with Gasteiger partial charge in [0.05, 0.1) is 0 Å². The molecule has 0 aromatic heterocycles. The Balaban J connectivity index is 3.60. The Morgan fingerprint density at radius 2 is 1.80 bits per heavy atom. The van der Waals surface area contributed by atoms with Crippen molar-refractivity contribution in [1.82, 2.24) is 0 Å². The third-order valence-corrected chi connectivity index (χ3v) is 0.694. The molecule has 0 saturated carbocycles. The van der Waals surface area contributed by atoms with Crippen molar-refractivity contribution in [3.8, 4) is 0 Å². The van der Waals surface area contributed by atoms with Gasteiger partial charge in [-0.15, -0.1) is 5.73 Å². The maximum absolute atomic E-state index is 3.30. The number of halogens is 2. The Morgan fingerprint density at radius 1 is 1.60 bits per heavy atom. The Hall–Kier alpha value is 0.480. The average Bonchev–Trinajstić information content (AvgIpc) is 1.38. The largest absolute Gasteiger partial charge is 0.106 e. The van der Waals surface area contributed by atoms with Crippen LogP contribution in [0.4, 0.5) is 0 Å². The molecular weight excluding hydrogens is 196 g/mol. The lowest BCUT2D eigenvalue weighted by molar-refractivity contribution is 2.42. The maximum Gasteiger partial charge on any atom is 0.102 e. The van der Waals surface area contributed by atoms with Gasteiger partial charge in [-0.25, -0.2) is 0 Å². The molecule has 0 heterocycles. The summed E-state index contributed by atoms with van der Waals surface area (Å²) in [6.45, 7) is 3.30. The fraction of sp³-hybridized carbons (Fsp3) is 0. The zero-order valence-electron chi connectivity index (χ0n) is 2.46. The highest BCUT2D eigenvalue weighted by Crippen LogP contribution is 2.08. The monoisotopic (exact) mass is 196 g/mol. The Labute approximate surface area is 47.8 Å². The minimum atomic E-state index is 0.769. The van der Waals surface area contributed by atoms with E-state index in [1.165, 1.54) is 0 Å². The third kappa shape index (κ3) is 4.48. The first kappa shape index (κ1) is 5.48. The normalized spacial score (nSPS) is 6.00. The van der Waals surface area contributed by atoms with Crippen LogP contribution < -0.4 is 0 Å². The fourth-order valence-corrected chi connectivity index (χ4v) is 0. The van der Waals surface area contributed by atoms with E-state index in [1.807, 2.05) is 0 Å². The fourth-order valence-electron chi connectivity index (χ4n) is 0. The molecule has 0 bridgehead atoms. The second-order valence-electron chi connectivity index (χ2n) is 0.437. The van der Waals surface area contributed by atoms with Gasteiger partial charge in [0.25, 0.3) is 0 Å². The predicted molar refractivity (Wildman–Crippen MR) is 30.5 cm³/mol. The summed E-state index contributed by atoms with van der Waals surface area (Å²) in [5.74, 6) is 0. The van der Waals surface area contributed by atoms with Crippen molar-refractivity contribution in [2.45, 2.75) is 0 Å². The second-order valence-corrected chi connectivity index (χ2v) is 3.09. The van der Waals surface area contributed by atoms with E-state index < -0.39 is 0 Å². The highest BCUT2D eigenvalue weighted by atomic mass is 79.9. The second kappa shape index (κ2) is 2.70. The van der Waals surface area contributed by atoms with Gasteiger partial charge < -0.3 is 0 Å². The van der Waals surface area contributed by atoms with Crippen molar-refractivity contribution < 1.29 is 0 Å². The Kier molecular flexibility index (Phi) is 2.96. The first-order chi connectivity index (χ1) is 2.27. The standard InChI is InChI=1S/C3H2Br2/c1-2-3(4)5/h1H2. The molecule has 0 N–H and O–H groups in total. The highest BCUT2D eigenvalue weighted by Gasteiger charge is 1.64. The summed E-state index contributed by atoms with van der Waals surface area (Å²) in [4.78, 5) is 0. The van der Waals surface area contributed by atoms with Crippen LogP contribution in [0.5, 0.6) is 0 Å². The molecule has 0 fully saturated rings. The molecule has 0 rings (SSSR count). The van der Waals surface area contributed by atoms with Crippen molar-refractivity contribution in [2.75, 3.05) is 0 Å². The molecule has 5 heavy (non-hydrogen) atoms. The van der Waals surface area contributed by atoms with Gasteiger partial charge in [0.15, 0.2) is 0 Å². The zero-order valence-corrected chi connectivity index (χ0v) is 5.64. The first-order valence-electron chi connectivity index (χ1n) is 0.982.